The van der Waals surface area contributed by atoms with Crippen LogP contribution in [0.4, 0.5) is 8.78 Å². The maximum Gasteiger partial charge on any atom is 0.388 e. The minimum absolute atomic E-state index is 0.0161. The van der Waals surface area contributed by atoms with Gasteiger partial charge in [-0.05, 0) is 40.5 Å². The van der Waals surface area contributed by atoms with Crippen molar-refractivity contribution in [1.29, 1.82) is 0 Å². The van der Waals surface area contributed by atoms with Crippen LogP contribution in [-0.2, 0) is 7.05 Å². The zero-order valence-electron chi connectivity index (χ0n) is 10.1. The lowest BCUT2D eigenvalue weighted by molar-refractivity contribution is -0.0558. The van der Waals surface area contributed by atoms with Crippen molar-refractivity contribution < 1.29 is 13.5 Å². The van der Waals surface area contributed by atoms with Crippen LogP contribution >= 0.6 is 27.5 Å². The van der Waals surface area contributed by atoms with Crippen LogP contribution in [-0.4, -0.2) is 16.4 Å². The minimum Gasteiger partial charge on any atom is -0.416 e. The fraction of sp³-hybridized carbons (Fsp3) is 0.250. The van der Waals surface area contributed by atoms with E-state index in [1.54, 1.807) is 12.1 Å². The van der Waals surface area contributed by atoms with Gasteiger partial charge in [0.2, 0.25) is 5.88 Å². The van der Waals surface area contributed by atoms with Crippen LogP contribution in [0.15, 0.2) is 22.7 Å². The summed E-state index contributed by atoms with van der Waals surface area (Å²) < 4.78 is 30.7. The average Bonchev–Trinajstić information content (AvgIpc) is 2.60. The normalized spacial score (nSPS) is 11.1. The molecule has 0 aliphatic heterocycles. The van der Waals surface area contributed by atoms with Crippen LogP contribution in [0.25, 0.3) is 11.3 Å². The summed E-state index contributed by atoms with van der Waals surface area (Å²) in [6.45, 7) is -1.04. The van der Waals surface area contributed by atoms with E-state index in [4.69, 9.17) is 11.6 Å². The van der Waals surface area contributed by atoms with E-state index in [0.29, 0.717) is 15.2 Å². The highest BCUT2D eigenvalue weighted by molar-refractivity contribution is 9.10. The predicted octanol–water partition coefficient (Wildman–Crippen LogP) is 4.41. The van der Waals surface area contributed by atoms with Crippen molar-refractivity contribution in [2.75, 3.05) is 0 Å². The number of rotatable bonds is 3. The quantitative estimate of drug-likeness (QED) is 0.819. The lowest BCUT2D eigenvalue weighted by Gasteiger charge is -2.04. The zero-order valence-corrected chi connectivity index (χ0v) is 12.5. The van der Waals surface area contributed by atoms with Crippen LogP contribution in [0.2, 0.25) is 5.02 Å². The highest BCUT2D eigenvalue weighted by Gasteiger charge is 2.19. The van der Waals surface area contributed by atoms with Crippen LogP contribution in [0, 0.1) is 6.92 Å². The Hall–Kier alpha value is -1.14. The van der Waals surface area contributed by atoms with Gasteiger partial charge < -0.3 is 4.74 Å². The van der Waals surface area contributed by atoms with E-state index in [0.717, 1.165) is 11.1 Å². The largest absolute Gasteiger partial charge is 0.416 e. The molecular formula is C12H10BrClF2N2O. The summed E-state index contributed by atoms with van der Waals surface area (Å²) in [5.74, 6) is -0.0161. The number of benzene rings is 1. The first-order chi connectivity index (χ1) is 8.90. The molecule has 7 heteroatoms. The number of ether oxygens (including phenoxy) is 1. The second kappa shape index (κ2) is 5.46. The zero-order chi connectivity index (χ0) is 14.2. The molecule has 2 rings (SSSR count). The predicted molar refractivity (Wildman–Crippen MR) is 72.7 cm³/mol. The van der Waals surface area contributed by atoms with Crippen LogP contribution in [0.1, 0.15) is 5.56 Å². The molecule has 0 amide bonds. The molecule has 1 heterocycles. The van der Waals surface area contributed by atoms with E-state index < -0.39 is 6.61 Å². The number of aromatic nitrogens is 2. The van der Waals surface area contributed by atoms with E-state index >= 15 is 0 Å². The van der Waals surface area contributed by atoms with Crippen molar-refractivity contribution in [3.8, 4) is 17.1 Å². The molecule has 3 nitrogen and oxygen atoms in total. The van der Waals surface area contributed by atoms with E-state index in [1.165, 1.54) is 11.7 Å². The highest BCUT2D eigenvalue weighted by Crippen LogP contribution is 2.36. The molecule has 0 fully saturated rings. The van der Waals surface area contributed by atoms with Crippen molar-refractivity contribution in [1.82, 2.24) is 9.78 Å². The molecule has 0 radical (unpaired) electrons. The monoisotopic (exact) mass is 350 g/mol. The molecule has 0 bridgehead atoms. The third-order valence-corrected chi connectivity index (χ3v) is 3.71. The van der Waals surface area contributed by atoms with Gasteiger partial charge >= 0.3 is 6.61 Å². The molecule has 0 saturated heterocycles. The molecule has 0 spiro atoms. The SMILES string of the molecule is Cc1cc(-c2nn(C)c(OC(F)F)c2Br)ccc1Cl. The number of halogens is 4. The summed E-state index contributed by atoms with van der Waals surface area (Å²) >= 11 is 9.19. The number of alkyl halides is 2. The van der Waals surface area contributed by atoms with Gasteiger partial charge in [-0.2, -0.15) is 13.9 Å². The Morgan fingerprint density at radius 1 is 1.42 bits per heavy atom. The Bertz CT molecular complexity index is 616. The Morgan fingerprint density at radius 2 is 2.11 bits per heavy atom. The smallest absolute Gasteiger partial charge is 0.388 e. The molecule has 0 aliphatic carbocycles. The molecule has 19 heavy (non-hydrogen) atoms. The summed E-state index contributed by atoms with van der Waals surface area (Å²) in [7, 11) is 1.54. The van der Waals surface area contributed by atoms with Gasteiger partial charge in [-0.25, -0.2) is 4.68 Å². The van der Waals surface area contributed by atoms with Gasteiger partial charge in [0, 0.05) is 17.6 Å². The molecule has 0 saturated carbocycles. The van der Waals surface area contributed by atoms with Gasteiger partial charge in [0.1, 0.15) is 10.2 Å². The van der Waals surface area contributed by atoms with Crippen molar-refractivity contribution in [3.05, 3.63) is 33.3 Å². The van der Waals surface area contributed by atoms with Crippen LogP contribution in [0.3, 0.4) is 0 Å². The first-order valence-corrected chi connectivity index (χ1v) is 6.51. The van der Waals surface area contributed by atoms with Gasteiger partial charge in [0.25, 0.3) is 0 Å². The van der Waals surface area contributed by atoms with Gasteiger partial charge in [-0.1, -0.05) is 17.7 Å². The van der Waals surface area contributed by atoms with Crippen molar-refractivity contribution in [3.63, 3.8) is 0 Å². The van der Waals surface area contributed by atoms with E-state index in [-0.39, 0.29) is 5.88 Å². The molecule has 0 unspecified atom stereocenters. The lowest BCUT2D eigenvalue weighted by atomic mass is 10.1. The number of aryl methyl sites for hydroxylation is 2. The molecule has 0 N–H and O–H groups in total. The maximum absolute atomic E-state index is 12.3. The van der Waals surface area contributed by atoms with Gasteiger partial charge in [-0.15, -0.1) is 0 Å². The Balaban J connectivity index is 2.48. The maximum atomic E-state index is 12.3. The third-order valence-electron chi connectivity index (χ3n) is 2.57. The van der Waals surface area contributed by atoms with E-state index in [2.05, 4.69) is 25.8 Å². The molecule has 1 aromatic carbocycles. The minimum atomic E-state index is -2.90. The van der Waals surface area contributed by atoms with E-state index in [9.17, 15) is 8.78 Å². The van der Waals surface area contributed by atoms with E-state index in [1.807, 2.05) is 13.0 Å². The van der Waals surface area contributed by atoms with Crippen LogP contribution < -0.4 is 4.74 Å². The molecule has 0 aliphatic rings. The summed E-state index contributed by atoms with van der Waals surface area (Å²) in [4.78, 5) is 0. The highest BCUT2D eigenvalue weighted by atomic mass is 79.9. The Morgan fingerprint density at radius 3 is 2.68 bits per heavy atom. The fourth-order valence-electron chi connectivity index (χ4n) is 1.67. The van der Waals surface area contributed by atoms with Crippen molar-refractivity contribution in [2.24, 2.45) is 7.05 Å². The number of nitrogens with zero attached hydrogens (tertiary/aromatic N) is 2. The van der Waals surface area contributed by atoms with Crippen molar-refractivity contribution >= 4 is 27.5 Å². The molecule has 2 aromatic rings. The molecule has 102 valence electrons. The van der Waals surface area contributed by atoms with Crippen molar-refractivity contribution in [2.45, 2.75) is 13.5 Å². The number of hydrogen-bond acceptors (Lipinski definition) is 2. The standard InChI is InChI=1S/C12H10BrClF2N2O/c1-6-5-7(3-4-8(6)14)10-9(13)11(18(2)17-10)19-12(15)16/h3-5,12H,1-2H3. The Kier molecular flexibility index (Phi) is 4.10. The summed E-state index contributed by atoms with van der Waals surface area (Å²) in [6, 6.07) is 5.34. The Labute approximate surface area is 122 Å². The topological polar surface area (TPSA) is 27.1 Å². The second-order valence-corrected chi connectivity index (χ2v) is 5.13. The average molecular weight is 352 g/mol. The molecule has 1 aromatic heterocycles. The number of hydrogen-bond donors (Lipinski definition) is 0. The first kappa shape index (κ1) is 14.3. The summed E-state index contributed by atoms with van der Waals surface area (Å²) in [5, 5.41) is 4.81. The summed E-state index contributed by atoms with van der Waals surface area (Å²) in [6.07, 6.45) is 0. The summed E-state index contributed by atoms with van der Waals surface area (Å²) in [5.41, 5.74) is 2.18. The van der Waals surface area contributed by atoms with Gasteiger partial charge in [0.15, 0.2) is 0 Å². The van der Waals surface area contributed by atoms with Gasteiger partial charge in [0.05, 0.1) is 0 Å². The molecular weight excluding hydrogens is 341 g/mol. The second-order valence-electron chi connectivity index (χ2n) is 3.93. The fourth-order valence-corrected chi connectivity index (χ4v) is 2.45. The molecule has 0 atom stereocenters. The first-order valence-electron chi connectivity index (χ1n) is 5.34. The van der Waals surface area contributed by atoms with Crippen LogP contribution in [0.5, 0.6) is 5.88 Å². The third kappa shape index (κ3) is 2.90. The van der Waals surface area contributed by atoms with Gasteiger partial charge in [-0.3, -0.25) is 0 Å². The lowest BCUT2D eigenvalue weighted by Crippen LogP contribution is -2.06.